The van der Waals surface area contributed by atoms with Gasteiger partial charge in [-0.2, -0.15) is 0 Å². The molecule has 2 aromatic carbocycles. The molecule has 114 valence electrons. The monoisotopic (exact) mass is 299 g/mol. The van der Waals surface area contributed by atoms with Crippen LogP contribution in [0.1, 0.15) is 24.0 Å². The first kappa shape index (κ1) is 14.6. The molecule has 22 heavy (non-hydrogen) atoms. The van der Waals surface area contributed by atoms with Gasteiger partial charge in [0.15, 0.2) is 0 Å². The summed E-state index contributed by atoms with van der Waals surface area (Å²) in [5, 5.41) is 2.95. The molecular weight excluding hydrogens is 281 g/mol. The predicted octanol–water partition coefficient (Wildman–Crippen LogP) is 3.18. The predicted molar refractivity (Wildman–Crippen MR) is 82.2 cm³/mol. The number of halogens is 1. The fraction of sp³-hybridized carbons (Fsp3) is 0.278. The minimum atomic E-state index is -0.480. The molecule has 0 saturated heterocycles. The summed E-state index contributed by atoms with van der Waals surface area (Å²) >= 11 is 0. The highest BCUT2D eigenvalue weighted by atomic mass is 19.1. The summed E-state index contributed by atoms with van der Waals surface area (Å²) in [7, 11) is 1.62. The summed E-state index contributed by atoms with van der Waals surface area (Å²) in [6.07, 6.45) is 1.64. The number of ether oxygens (including phenoxy) is 1. The van der Waals surface area contributed by atoms with Crippen molar-refractivity contribution in [1.82, 2.24) is 5.32 Å². The average Bonchev–Trinajstić information content (AvgIpc) is 3.36. The summed E-state index contributed by atoms with van der Waals surface area (Å²) in [6, 6.07) is 13.8. The van der Waals surface area contributed by atoms with E-state index in [4.69, 9.17) is 4.74 Å². The van der Waals surface area contributed by atoms with Crippen LogP contribution < -0.4 is 10.1 Å². The number of hydrogen-bond acceptors (Lipinski definition) is 2. The third-order valence-corrected chi connectivity index (χ3v) is 4.17. The number of rotatable bonds is 5. The van der Waals surface area contributed by atoms with Crippen molar-refractivity contribution in [3.63, 3.8) is 0 Å². The molecule has 4 heteroatoms. The first-order valence-corrected chi connectivity index (χ1v) is 7.32. The van der Waals surface area contributed by atoms with Crippen molar-refractivity contribution >= 4 is 5.91 Å². The molecule has 0 radical (unpaired) electrons. The van der Waals surface area contributed by atoms with Gasteiger partial charge in [0, 0.05) is 12.1 Å². The van der Waals surface area contributed by atoms with Crippen molar-refractivity contribution in [1.29, 1.82) is 0 Å². The number of carbonyl (C=O) groups is 1. The molecule has 3 nitrogen and oxygen atoms in total. The van der Waals surface area contributed by atoms with Crippen molar-refractivity contribution in [3.05, 3.63) is 65.5 Å². The maximum absolute atomic E-state index is 12.9. The minimum absolute atomic E-state index is 0.00123. The van der Waals surface area contributed by atoms with Crippen LogP contribution in [0.3, 0.4) is 0 Å². The van der Waals surface area contributed by atoms with Crippen molar-refractivity contribution in [2.45, 2.75) is 24.8 Å². The lowest BCUT2D eigenvalue weighted by atomic mass is 9.94. The van der Waals surface area contributed by atoms with Crippen LogP contribution >= 0.6 is 0 Å². The Morgan fingerprint density at radius 1 is 1.18 bits per heavy atom. The van der Waals surface area contributed by atoms with Crippen molar-refractivity contribution in [2.24, 2.45) is 0 Å². The smallest absolute Gasteiger partial charge is 0.231 e. The van der Waals surface area contributed by atoms with Crippen molar-refractivity contribution < 1.29 is 13.9 Å². The number of benzene rings is 2. The molecule has 1 fully saturated rings. The Balaban J connectivity index is 1.73. The van der Waals surface area contributed by atoms with E-state index in [-0.39, 0.29) is 11.7 Å². The maximum Gasteiger partial charge on any atom is 0.231 e. The average molecular weight is 299 g/mol. The van der Waals surface area contributed by atoms with Gasteiger partial charge in [-0.25, -0.2) is 4.39 Å². The van der Waals surface area contributed by atoms with E-state index in [0.717, 1.165) is 29.7 Å². The zero-order chi connectivity index (χ0) is 15.6. The van der Waals surface area contributed by atoms with Crippen LogP contribution in [0.4, 0.5) is 4.39 Å². The first-order valence-electron chi connectivity index (χ1n) is 7.32. The van der Waals surface area contributed by atoms with Crippen LogP contribution in [0.15, 0.2) is 48.5 Å². The van der Waals surface area contributed by atoms with Gasteiger partial charge < -0.3 is 10.1 Å². The zero-order valence-electron chi connectivity index (χ0n) is 12.4. The van der Waals surface area contributed by atoms with Gasteiger partial charge >= 0.3 is 0 Å². The molecule has 1 aliphatic carbocycles. The van der Waals surface area contributed by atoms with E-state index in [2.05, 4.69) is 5.32 Å². The molecule has 0 spiro atoms. The fourth-order valence-corrected chi connectivity index (χ4v) is 2.74. The lowest BCUT2D eigenvalue weighted by Crippen LogP contribution is -2.34. The molecule has 1 N–H and O–H groups in total. The molecule has 0 heterocycles. The Morgan fingerprint density at radius 2 is 1.86 bits per heavy atom. The minimum Gasteiger partial charge on any atom is -0.496 e. The summed E-state index contributed by atoms with van der Waals surface area (Å²) in [5.74, 6) is 0.473. The number of para-hydroxylation sites is 1. The molecule has 0 aromatic heterocycles. The number of methoxy groups -OCH3 is 1. The van der Waals surface area contributed by atoms with Crippen LogP contribution in [0, 0.1) is 5.82 Å². The summed E-state index contributed by atoms with van der Waals surface area (Å²) in [6.45, 7) is 0.399. The number of hydrogen-bond donors (Lipinski definition) is 1. The lowest BCUT2D eigenvalue weighted by molar-refractivity contribution is -0.123. The third-order valence-electron chi connectivity index (χ3n) is 4.17. The van der Waals surface area contributed by atoms with Gasteiger partial charge in [-0.05, 0) is 36.6 Å². The summed E-state index contributed by atoms with van der Waals surface area (Å²) in [5.41, 5.74) is 1.34. The zero-order valence-corrected chi connectivity index (χ0v) is 12.4. The van der Waals surface area contributed by atoms with Crippen LogP contribution in [0.2, 0.25) is 0 Å². The van der Waals surface area contributed by atoms with Gasteiger partial charge in [0.1, 0.15) is 11.6 Å². The molecule has 0 aliphatic heterocycles. The number of carbonyl (C=O) groups excluding carboxylic acids is 1. The summed E-state index contributed by atoms with van der Waals surface area (Å²) in [4.78, 5) is 12.6. The van der Waals surface area contributed by atoms with E-state index < -0.39 is 5.41 Å². The lowest BCUT2D eigenvalue weighted by Gasteiger charge is -2.18. The SMILES string of the molecule is COc1ccccc1C1(C(=O)NCc2ccc(F)cc2)CC1. The standard InChI is InChI=1S/C18H18FNO2/c1-22-16-5-3-2-4-15(16)18(10-11-18)17(21)20-12-13-6-8-14(19)9-7-13/h2-9H,10-12H2,1H3,(H,20,21). The number of nitrogens with one attached hydrogen (secondary N) is 1. The van der Waals surface area contributed by atoms with E-state index in [1.165, 1.54) is 12.1 Å². The van der Waals surface area contributed by atoms with Crippen LogP contribution in [-0.2, 0) is 16.8 Å². The van der Waals surface area contributed by atoms with E-state index in [9.17, 15) is 9.18 Å². The highest BCUT2D eigenvalue weighted by Crippen LogP contribution is 2.51. The quantitative estimate of drug-likeness (QED) is 0.921. The number of amides is 1. The molecule has 2 aromatic rings. The van der Waals surface area contributed by atoms with Gasteiger partial charge in [0.05, 0.1) is 12.5 Å². The van der Waals surface area contributed by atoms with E-state index in [1.807, 2.05) is 24.3 Å². The molecule has 0 unspecified atom stereocenters. The van der Waals surface area contributed by atoms with E-state index >= 15 is 0 Å². The van der Waals surface area contributed by atoms with E-state index in [1.54, 1.807) is 19.2 Å². The van der Waals surface area contributed by atoms with Gasteiger partial charge in [-0.15, -0.1) is 0 Å². The molecule has 1 amide bonds. The Labute approximate surface area is 129 Å². The molecule has 1 saturated carbocycles. The Morgan fingerprint density at radius 3 is 2.50 bits per heavy atom. The van der Waals surface area contributed by atoms with Crippen molar-refractivity contribution in [2.75, 3.05) is 7.11 Å². The second kappa shape index (κ2) is 5.79. The Bertz CT molecular complexity index is 678. The fourth-order valence-electron chi connectivity index (χ4n) is 2.74. The third kappa shape index (κ3) is 2.69. The van der Waals surface area contributed by atoms with Gasteiger partial charge in [-0.3, -0.25) is 4.79 Å². The van der Waals surface area contributed by atoms with E-state index in [0.29, 0.717) is 6.54 Å². The highest BCUT2D eigenvalue weighted by molar-refractivity contribution is 5.92. The Kier molecular flexibility index (Phi) is 3.84. The molecule has 0 bridgehead atoms. The summed E-state index contributed by atoms with van der Waals surface area (Å²) < 4.78 is 18.3. The topological polar surface area (TPSA) is 38.3 Å². The second-order valence-electron chi connectivity index (χ2n) is 5.59. The normalized spacial score (nSPS) is 15.2. The Hall–Kier alpha value is -2.36. The first-order chi connectivity index (χ1) is 10.7. The highest BCUT2D eigenvalue weighted by Gasteiger charge is 2.52. The van der Waals surface area contributed by atoms with Crippen LogP contribution in [0.5, 0.6) is 5.75 Å². The van der Waals surface area contributed by atoms with Crippen LogP contribution in [0.25, 0.3) is 0 Å². The molecule has 1 aliphatic rings. The second-order valence-corrected chi connectivity index (χ2v) is 5.59. The maximum atomic E-state index is 12.9. The van der Waals surface area contributed by atoms with Gasteiger partial charge in [0.2, 0.25) is 5.91 Å². The van der Waals surface area contributed by atoms with Gasteiger partial charge in [0.25, 0.3) is 0 Å². The molecular formula is C18H18FNO2. The molecule has 3 rings (SSSR count). The van der Waals surface area contributed by atoms with Gasteiger partial charge in [-0.1, -0.05) is 30.3 Å². The van der Waals surface area contributed by atoms with Crippen LogP contribution in [-0.4, -0.2) is 13.0 Å². The molecule has 0 atom stereocenters. The largest absolute Gasteiger partial charge is 0.496 e. The van der Waals surface area contributed by atoms with Crippen molar-refractivity contribution in [3.8, 4) is 5.75 Å².